The molecule has 0 radical (unpaired) electrons. The van der Waals surface area contributed by atoms with Gasteiger partial charge in [-0.2, -0.15) is 0 Å². The fourth-order valence-electron chi connectivity index (χ4n) is 4.29. The summed E-state index contributed by atoms with van der Waals surface area (Å²) in [5.41, 5.74) is 3.47. The molecular weight excluding hydrogens is 416 g/mol. The highest BCUT2D eigenvalue weighted by Crippen LogP contribution is 2.22. The van der Waals surface area contributed by atoms with Gasteiger partial charge in [0.25, 0.3) is 0 Å². The molecule has 0 aliphatic heterocycles. The minimum Gasteiger partial charge on any atom is -0.352 e. The van der Waals surface area contributed by atoms with E-state index in [1.807, 2.05) is 24.0 Å². The first-order valence-electron chi connectivity index (χ1n) is 11.8. The molecular formula is C27H36N2O2S. The Balaban J connectivity index is 1.70. The lowest BCUT2D eigenvalue weighted by Gasteiger charge is -2.32. The van der Waals surface area contributed by atoms with Crippen molar-refractivity contribution in [2.24, 2.45) is 0 Å². The van der Waals surface area contributed by atoms with E-state index < -0.39 is 6.04 Å². The molecule has 1 fully saturated rings. The Hall–Kier alpha value is -2.27. The second-order valence-electron chi connectivity index (χ2n) is 8.77. The SMILES string of the molecule is CC[C@@H](C(=O)NC1CCCC1)N(Cc1ccccc1C)C(=O)CCSc1ccc(C)cc1. The summed E-state index contributed by atoms with van der Waals surface area (Å²) in [6, 6.07) is 16.3. The molecule has 4 nitrogen and oxygen atoms in total. The van der Waals surface area contributed by atoms with E-state index in [4.69, 9.17) is 0 Å². The van der Waals surface area contributed by atoms with Gasteiger partial charge in [0.15, 0.2) is 0 Å². The summed E-state index contributed by atoms with van der Waals surface area (Å²) < 4.78 is 0. The largest absolute Gasteiger partial charge is 0.352 e. The molecule has 5 heteroatoms. The van der Waals surface area contributed by atoms with E-state index in [1.54, 1.807) is 11.8 Å². The second-order valence-corrected chi connectivity index (χ2v) is 9.94. The molecule has 0 aromatic heterocycles. The third-order valence-electron chi connectivity index (χ3n) is 6.30. The molecule has 0 bridgehead atoms. The minimum atomic E-state index is -0.438. The molecule has 0 unspecified atom stereocenters. The van der Waals surface area contributed by atoms with Crippen molar-refractivity contribution in [1.82, 2.24) is 10.2 Å². The van der Waals surface area contributed by atoms with Crippen LogP contribution in [0.4, 0.5) is 0 Å². The van der Waals surface area contributed by atoms with Crippen LogP contribution in [0.2, 0.25) is 0 Å². The molecule has 1 saturated carbocycles. The normalized spacial score (nSPS) is 14.8. The smallest absolute Gasteiger partial charge is 0.243 e. The Kier molecular flexibility index (Phi) is 9.22. The van der Waals surface area contributed by atoms with Crippen molar-refractivity contribution in [3.63, 3.8) is 0 Å². The number of hydrogen-bond donors (Lipinski definition) is 1. The summed E-state index contributed by atoms with van der Waals surface area (Å²) in [6.07, 6.45) is 5.45. The number of aryl methyl sites for hydroxylation is 2. The van der Waals surface area contributed by atoms with Crippen LogP contribution in [0.5, 0.6) is 0 Å². The average Bonchev–Trinajstić information content (AvgIpc) is 3.29. The van der Waals surface area contributed by atoms with Crippen molar-refractivity contribution in [1.29, 1.82) is 0 Å². The highest BCUT2D eigenvalue weighted by Gasteiger charge is 2.30. The van der Waals surface area contributed by atoms with E-state index >= 15 is 0 Å². The van der Waals surface area contributed by atoms with Crippen LogP contribution in [-0.2, 0) is 16.1 Å². The van der Waals surface area contributed by atoms with E-state index in [0.717, 1.165) is 24.0 Å². The van der Waals surface area contributed by atoms with Crippen molar-refractivity contribution < 1.29 is 9.59 Å². The van der Waals surface area contributed by atoms with Crippen molar-refractivity contribution in [2.45, 2.75) is 82.8 Å². The van der Waals surface area contributed by atoms with Gasteiger partial charge in [0.2, 0.25) is 11.8 Å². The Bertz CT molecular complexity index is 891. The Morgan fingerprint density at radius 1 is 1.06 bits per heavy atom. The molecule has 32 heavy (non-hydrogen) atoms. The number of hydrogen-bond acceptors (Lipinski definition) is 3. The lowest BCUT2D eigenvalue weighted by Crippen LogP contribution is -2.51. The molecule has 0 saturated heterocycles. The van der Waals surface area contributed by atoms with Gasteiger partial charge in [-0.25, -0.2) is 0 Å². The highest BCUT2D eigenvalue weighted by atomic mass is 32.2. The van der Waals surface area contributed by atoms with Crippen LogP contribution in [0.3, 0.4) is 0 Å². The molecule has 3 rings (SSSR count). The number of thioether (sulfide) groups is 1. The van der Waals surface area contributed by atoms with Crippen molar-refractivity contribution >= 4 is 23.6 Å². The van der Waals surface area contributed by atoms with Crippen LogP contribution < -0.4 is 5.32 Å². The summed E-state index contributed by atoms with van der Waals surface area (Å²) in [7, 11) is 0. The van der Waals surface area contributed by atoms with Gasteiger partial charge in [-0.1, -0.05) is 61.7 Å². The molecule has 0 heterocycles. The molecule has 1 aliphatic rings. The van der Waals surface area contributed by atoms with Crippen LogP contribution in [0, 0.1) is 13.8 Å². The molecule has 2 amide bonds. The zero-order chi connectivity index (χ0) is 22.9. The van der Waals surface area contributed by atoms with Gasteiger partial charge in [0.05, 0.1) is 0 Å². The van der Waals surface area contributed by atoms with E-state index in [0.29, 0.717) is 25.1 Å². The van der Waals surface area contributed by atoms with E-state index in [-0.39, 0.29) is 17.9 Å². The van der Waals surface area contributed by atoms with Crippen LogP contribution in [0.1, 0.15) is 62.1 Å². The van der Waals surface area contributed by atoms with Gasteiger partial charge in [0.1, 0.15) is 6.04 Å². The minimum absolute atomic E-state index is 0.00692. The predicted molar refractivity (Wildman–Crippen MR) is 133 cm³/mol. The average molecular weight is 453 g/mol. The fraction of sp³-hybridized carbons (Fsp3) is 0.481. The summed E-state index contributed by atoms with van der Waals surface area (Å²) in [6.45, 7) is 6.60. The highest BCUT2D eigenvalue weighted by molar-refractivity contribution is 7.99. The van der Waals surface area contributed by atoms with Gasteiger partial charge < -0.3 is 10.2 Å². The number of nitrogens with one attached hydrogen (secondary N) is 1. The summed E-state index contributed by atoms with van der Waals surface area (Å²) in [4.78, 5) is 29.5. The molecule has 2 aromatic carbocycles. The number of carbonyl (C=O) groups is 2. The van der Waals surface area contributed by atoms with Gasteiger partial charge in [0, 0.05) is 29.7 Å². The quantitative estimate of drug-likeness (QED) is 0.474. The Labute approximate surface area is 197 Å². The van der Waals surface area contributed by atoms with E-state index in [1.165, 1.54) is 23.3 Å². The molecule has 0 spiro atoms. The molecule has 1 aliphatic carbocycles. The van der Waals surface area contributed by atoms with Crippen molar-refractivity contribution in [2.75, 3.05) is 5.75 Å². The van der Waals surface area contributed by atoms with Crippen LogP contribution in [-0.4, -0.2) is 34.6 Å². The fourth-order valence-corrected chi connectivity index (χ4v) is 5.13. The zero-order valence-corrected chi connectivity index (χ0v) is 20.4. The Morgan fingerprint density at radius 2 is 1.75 bits per heavy atom. The maximum Gasteiger partial charge on any atom is 0.243 e. The van der Waals surface area contributed by atoms with Crippen LogP contribution >= 0.6 is 11.8 Å². The number of carbonyl (C=O) groups excluding carboxylic acids is 2. The van der Waals surface area contributed by atoms with Crippen molar-refractivity contribution in [3.8, 4) is 0 Å². The van der Waals surface area contributed by atoms with Crippen LogP contribution in [0.15, 0.2) is 53.4 Å². The first-order valence-corrected chi connectivity index (χ1v) is 12.8. The second kappa shape index (κ2) is 12.1. The molecule has 1 N–H and O–H groups in total. The number of nitrogens with zero attached hydrogens (tertiary/aromatic N) is 1. The maximum atomic E-state index is 13.4. The zero-order valence-electron chi connectivity index (χ0n) is 19.6. The van der Waals surface area contributed by atoms with Gasteiger partial charge >= 0.3 is 0 Å². The third kappa shape index (κ3) is 6.86. The lowest BCUT2D eigenvalue weighted by molar-refractivity contribution is -0.141. The molecule has 1 atom stereocenters. The number of amides is 2. The number of benzene rings is 2. The lowest BCUT2D eigenvalue weighted by atomic mass is 10.1. The van der Waals surface area contributed by atoms with E-state index in [2.05, 4.69) is 55.6 Å². The Morgan fingerprint density at radius 3 is 2.41 bits per heavy atom. The van der Waals surface area contributed by atoms with Gasteiger partial charge in [-0.05, 0) is 56.4 Å². The predicted octanol–water partition coefficient (Wildman–Crippen LogP) is 5.65. The maximum absolute atomic E-state index is 13.4. The van der Waals surface area contributed by atoms with Crippen molar-refractivity contribution in [3.05, 3.63) is 65.2 Å². The first-order chi connectivity index (χ1) is 15.5. The monoisotopic (exact) mass is 452 g/mol. The number of rotatable bonds is 10. The van der Waals surface area contributed by atoms with Crippen LogP contribution in [0.25, 0.3) is 0 Å². The summed E-state index contributed by atoms with van der Waals surface area (Å²) >= 11 is 1.69. The molecule has 172 valence electrons. The molecule has 2 aromatic rings. The van der Waals surface area contributed by atoms with Gasteiger partial charge in [-0.3, -0.25) is 9.59 Å². The summed E-state index contributed by atoms with van der Waals surface area (Å²) in [5, 5.41) is 3.21. The third-order valence-corrected chi connectivity index (χ3v) is 7.31. The van der Waals surface area contributed by atoms with Gasteiger partial charge in [-0.15, -0.1) is 11.8 Å². The standard InChI is InChI=1S/C27H36N2O2S/c1-4-25(27(31)28-23-11-7-8-12-23)29(19-22-10-6-5-9-21(22)3)26(30)17-18-32-24-15-13-20(2)14-16-24/h5-6,9-10,13-16,23,25H,4,7-8,11-12,17-19H2,1-3H3,(H,28,31)/t25-/m0/s1. The van der Waals surface area contributed by atoms with E-state index in [9.17, 15) is 9.59 Å². The topological polar surface area (TPSA) is 49.4 Å². The summed E-state index contributed by atoms with van der Waals surface area (Å²) in [5.74, 6) is 0.737. The first kappa shape index (κ1) is 24.4.